The number of hydrogen-bond acceptors (Lipinski definition) is 13. The zero-order valence-corrected chi connectivity index (χ0v) is 17.5. The summed E-state index contributed by atoms with van der Waals surface area (Å²) >= 11 is 0. The second-order valence-electron chi connectivity index (χ2n) is 5.21. The third-order valence-electron chi connectivity index (χ3n) is 3.75. The van der Waals surface area contributed by atoms with Crippen LogP contribution in [-0.2, 0) is 62.0 Å². The lowest BCUT2D eigenvalue weighted by Crippen LogP contribution is -2.51. The molecule has 0 aliphatic rings. The average Bonchev–Trinajstić information content (AvgIpc) is 2.79. The summed E-state index contributed by atoms with van der Waals surface area (Å²) in [5, 5.41) is 0. The number of rotatable bonds is 9. The summed E-state index contributed by atoms with van der Waals surface area (Å²) in [5.41, 5.74) is -5.78. The molecule has 0 amide bonds. The number of carbonyl (C=O) groups excluding carboxylic acids is 7. The zero-order valence-electron chi connectivity index (χ0n) is 17.5. The molecule has 0 aliphatic carbocycles. The zero-order chi connectivity index (χ0) is 24.4. The van der Waals surface area contributed by atoms with Crippen molar-refractivity contribution < 1.29 is 62.0 Å². The van der Waals surface area contributed by atoms with Crippen molar-refractivity contribution in [3.8, 4) is 0 Å². The molecule has 0 aromatic carbocycles. The number of methoxy groups -OCH3 is 6. The van der Waals surface area contributed by atoms with Gasteiger partial charge < -0.3 is 28.4 Å². The first-order valence-electron chi connectivity index (χ1n) is 8.01. The first-order chi connectivity index (χ1) is 14.5. The third kappa shape index (κ3) is 5.52. The lowest BCUT2D eigenvalue weighted by atomic mass is 9.69. The molecule has 31 heavy (non-hydrogen) atoms. The van der Waals surface area contributed by atoms with Crippen LogP contribution in [-0.4, -0.2) is 84.3 Å². The van der Waals surface area contributed by atoms with Crippen LogP contribution in [0.1, 0.15) is 0 Å². The maximum atomic E-state index is 13.1. The van der Waals surface area contributed by atoms with Gasteiger partial charge >= 0.3 is 35.8 Å². The molecule has 0 bridgehead atoms. The molecule has 0 fully saturated rings. The van der Waals surface area contributed by atoms with Crippen molar-refractivity contribution in [3.05, 3.63) is 23.3 Å². The predicted octanol–water partition coefficient (Wildman–Crippen LogP) is -1.57. The molecule has 0 rings (SSSR count). The molecule has 0 radical (unpaired) electrons. The van der Waals surface area contributed by atoms with E-state index in [2.05, 4.69) is 28.4 Å². The van der Waals surface area contributed by atoms with E-state index < -0.39 is 58.2 Å². The van der Waals surface area contributed by atoms with Gasteiger partial charge in [-0.25, -0.2) is 24.0 Å². The molecule has 0 aromatic rings. The van der Waals surface area contributed by atoms with Gasteiger partial charge in [0.2, 0.25) is 5.41 Å². The number of esters is 6. The van der Waals surface area contributed by atoms with Gasteiger partial charge in [0.25, 0.3) is 5.78 Å². The SMILES string of the molecule is COC(=O)/C=C(\C(=O)OC)C(C(=O)OC)(C(=O)C(=O)OC)/C(=C/C(=O)OC)C(=O)OC. The second-order valence-corrected chi connectivity index (χ2v) is 5.21. The summed E-state index contributed by atoms with van der Waals surface area (Å²) in [5.74, 6) is -11.0. The molecule has 0 saturated heterocycles. The Labute approximate surface area is 175 Å². The quantitative estimate of drug-likeness (QED) is 0.131. The summed E-state index contributed by atoms with van der Waals surface area (Å²) in [7, 11) is 4.88. The fraction of sp³-hybridized carbons (Fsp3) is 0.389. The van der Waals surface area contributed by atoms with Gasteiger partial charge in [-0.2, -0.15) is 0 Å². The molecular weight excluding hydrogens is 424 g/mol. The largest absolute Gasteiger partial charge is 0.468 e. The van der Waals surface area contributed by atoms with Crippen molar-refractivity contribution in [2.24, 2.45) is 5.41 Å². The molecule has 170 valence electrons. The van der Waals surface area contributed by atoms with Gasteiger partial charge in [-0.1, -0.05) is 0 Å². The molecule has 0 N–H and O–H groups in total. The monoisotopic (exact) mass is 444 g/mol. The third-order valence-corrected chi connectivity index (χ3v) is 3.75. The van der Waals surface area contributed by atoms with Crippen LogP contribution in [0.15, 0.2) is 23.3 Å². The normalized spacial score (nSPS) is 13.1. The van der Waals surface area contributed by atoms with Crippen LogP contribution in [0.3, 0.4) is 0 Å². The predicted molar refractivity (Wildman–Crippen MR) is 95.7 cm³/mol. The van der Waals surface area contributed by atoms with E-state index in [1.807, 2.05) is 0 Å². The summed E-state index contributed by atoms with van der Waals surface area (Å²) in [6, 6.07) is 0. The topological polar surface area (TPSA) is 175 Å². The van der Waals surface area contributed by atoms with Crippen LogP contribution in [0.5, 0.6) is 0 Å². The molecule has 0 spiro atoms. The smallest absolute Gasteiger partial charge is 0.376 e. The standard InChI is InChI=1S/C18H20O13/c1-26-11(19)7-9(14(22)28-3)18(17(25)31-6,13(21)16(24)30-5)10(15(23)29-4)8-12(20)27-2/h7-8H,1-6H3/b9-7+,10-8+. The molecular formula is C18H20O13. The van der Waals surface area contributed by atoms with Gasteiger partial charge in [-0.05, 0) is 0 Å². The molecule has 13 heteroatoms. The molecule has 0 saturated carbocycles. The van der Waals surface area contributed by atoms with Crippen molar-refractivity contribution in [1.29, 1.82) is 0 Å². The maximum Gasteiger partial charge on any atom is 0.376 e. The Balaban J connectivity index is 7.91. The van der Waals surface area contributed by atoms with Crippen LogP contribution in [0.4, 0.5) is 0 Å². The summed E-state index contributed by atoms with van der Waals surface area (Å²) in [4.78, 5) is 86.9. The van der Waals surface area contributed by atoms with Crippen molar-refractivity contribution in [1.82, 2.24) is 0 Å². The fourth-order valence-electron chi connectivity index (χ4n) is 2.32. The Morgan fingerprint density at radius 2 is 0.871 bits per heavy atom. The maximum absolute atomic E-state index is 13.1. The lowest BCUT2D eigenvalue weighted by molar-refractivity contribution is -0.165. The van der Waals surface area contributed by atoms with Crippen LogP contribution >= 0.6 is 0 Å². The van der Waals surface area contributed by atoms with E-state index in [9.17, 15) is 33.6 Å². The van der Waals surface area contributed by atoms with Gasteiger partial charge in [0, 0.05) is 12.2 Å². The first-order valence-corrected chi connectivity index (χ1v) is 8.01. The van der Waals surface area contributed by atoms with Crippen molar-refractivity contribution >= 4 is 41.6 Å². The highest BCUT2D eigenvalue weighted by Gasteiger charge is 2.61. The summed E-state index contributed by atoms with van der Waals surface area (Å²) in [6.45, 7) is 0. The fourth-order valence-corrected chi connectivity index (χ4v) is 2.32. The average molecular weight is 444 g/mol. The Bertz CT molecular complexity index is 801. The van der Waals surface area contributed by atoms with Crippen molar-refractivity contribution in [2.45, 2.75) is 0 Å². The van der Waals surface area contributed by atoms with Gasteiger partial charge in [0.15, 0.2) is 0 Å². The number of ketones is 1. The van der Waals surface area contributed by atoms with Crippen molar-refractivity contribution in [2.75, 3.05) is 42.7 Å². The number of ether oxygens (including phenoxy) is 6. The van der Waals surface area contributed by atoms with Gasteiger partial charge in [0.1, 0.15) is 0 Å². The van der Waals surface area contributed by atoms with Crippen LogP contribution in [0.2, 0.25) is 0 Å². The number of Topliss-reactive ketones (excluding diaryl/α,β-unsaturated/α-hetero) is 1. The summed E-state index contributed by atoms with van der Waals surface area (Å²) < 4.78 is 26.6. The van der Waals surface area contributed by atoms with E-state index >= 15 is 0 Å². The van der Waals surface area contributed by atoms with Crippen LogP contribution in [0, 0.1) is 5.41 Å². The molecule has 0 aromatic heterocycles. The van der Waals surface area contributed by atoms with E-state index in [1.54, 1.807) is 0 Å². The number of hydrogen-bond donors (Lipinski definition) is 0. The van der Waals surface area contributed by atoms with Gasteiger partial charge in [0.05, 0.1) is 53.8 Å². The van der Waals surface area contributed by atoms with E-state index in [1.165, 1.54) is 0 Å². The number of carbonyl (C=O) groups is 7. The molecule has 0 atom stereocenters. The van der Waals surface area contributed by atoms with Crippen molar-refractivity contribution in [3.63, 3.8) is 0 Å². The molecule has 0 heterocycles. The second kappa shape index (κ2) is 11.8. The minimum absolute atomic E-state index is 0.303. The van der Waals surface area contributed by atoms with Crippen LogP contribution in [0.25, 0.3) is 0 Å². The Kier molecular flexibility index (Phi) is 10.3. The minimum Gasteiger partial charge on any atom is -0.468 e. The van der Waals surface area contributed by atoms with Gasteiger partial charge in [-0.3, -0.25) is 9.59 Å². The highest BCUT2D eigenvalue weighted by Crippen LogP contribution is 2.40. The Morgan fingerprint density at radius 3 is 1.13 bits per heavy atom. The molecule has 0 unspecified atom stereocenters. The lowest BCUT2D eigenvalue weighted by Gasteiger charge is -2.30. The van der Waals surface area contributed by atoms with E-state index in [0.717, 1.165) is 42.7 Å². The molecule has 13 nitrogen and oxygen atoms in total. The minimum atomic E-state index is -3.37. The Morgan fingerprint density at radius 1 is 0.516 bits per heavy atom. The highest BCUT2D eigenvalue weighted by atomic mass is 16.5. The van der Waals surface area contributed by atoms with E-state index in [-0.39, 0.29) is 0 Å². The highest BCUT2D eigenvalue weighted by molar-refractivity contribution is 6.45. The van der Waals surface area contributed by atoms with E-state index in [0.29, 0.717) is 12.2 Å². The van der Waals surface area contributed by atoms with Gasteiger partial charge in [-0.15, -0.1) is 0 Å². The first kappa shape index (κ1) is 27.0. The van der Waals surface area contributed by atoms with Crippen LogP contribution < -0.4 is 0 Å². The molecule has 0 aliphatic heterocycles. The summed E-state index contributed by atoms with van der Waals surface area (Å²) in [6.07, 6.45) is 0.606. The Hall–Kier alpha value is -4.03. The van der Waals surface area contributed by atoms with E-state index in [4.69, 9.17) is 0 Å².